The van der Waals surface area contributed by atoms with E-state index in [-0.39, 0.29) is 34.6 Å². The number of ether oxygens (including phenoxy) is 1. The molecular weight excluding hydrogens is 444 g/mol. The number of halogens is 1. The molecule has 2 amide bonds. The zero-order chi connectivity index (χ0) is 22.6. The van der Waals surface area contributed by atoms with Gasteiger partial charge in [-0.05, 0) is 50.2 Å². The SMILES string of the molecule is CNS(=O)(=O)c1cc(C(=O)N2CCCC(C(=O)Nc3ccc(Cl)cn3)C2)ccc1OC. The second-order valence-corrected chi connectivity index (χ2v) is 9.31. The molecule has 2 aromatic rings. The molecule has 2 N–H and O–H groups in total. The third kappa shape index (κ3) is 5.33. The highest BCUT2D eigenvalue weighted by molar-refractivity contribution is 7.89. The van der Waals surface area contributed by atoms with Gasteiger partial charge in [-0.2, -0.15) is 0 Å². The van der Waals surface area contributed by atoms with E-state index in [2.05, 4.69) is 15.0 Å². The van der Waals surface area contributed by atoms with Crippen molar-refractivity contribution in [3.05, 3.63) is 47.1 Å². The second kappa shape index (κ2) is 9.63. The number of carbonyl (C=O) groups excluding carboxylic acids is 2. The van der Waals surface area contributed by atoms with E-state index in [0.717, 1.165) is 0 Å². The number of piperidine rings is 1. The maximum atomic E-state index is 13.0. The summed E-state index contributed by atoms with van der Waals surface area (Å²) in [5, 5.41) is 3.20. The minimum atomic E-state index is -3.82. The first-order chi connectivity index (χ1) is 14.7. The normalized spacial score (nSPS) is 16.6. The maximum Gasteiger partial charge on any atom is 0.253 e. The number of anilines is 1. The number of methoxy groups -OCH3 is 1. The number of sulfonamides is 1. The van der Waals surface area contributed by atoms with Crippen LogP contribution >= 0.6 is 11.6 Å². The number of amides is 2. The molecule has 166 valence electrons. The van der Waals surface area contributed by atoms with Crippen molar-refractivity contribution in [2.24, 2.45) is 5.92 Å². The molecule has 11 heteroatoms. The second-order valence-electron chi connectivity index (χ2n) is 7.01. The molecule has 1 atom stereocenters. The minimum Gasteiger partial charge on any atom is -0.495 e. The van der Waals surface area contributed by atoms with E-state index in [0.29, 0.717) is 30.2 Å². The van der Waals surface area contributed by atoms with Gasteiger partial charge in [0.1, 0.15) is 16.5 Å². The molecule has 0 saturated carbocycles. The largest absolute Gasteiger partial charge is 0.495 e. The predicted octanol–water partition coefficient (Wildman–Crippen LogP) is 2.14. The highest BCUT2D eigenvalue weighted by Gasteiger charge is 2.30. The molecule has 1 aliphatic rings. The van der Waals surface area contributed by atoms with Gasteiger partial charge >= 0.3 is 0 Å². The van der Waals surface area contributed by atoms with Gasteiger partial charge in [0.05, 0.1) is 18.1 Å². The summed E-state index contributed by atoms with van der Waals surface area (Å²) >= 11 is 5.81. The van der Waals surface area contributed by atoms with Gasteiger partial charge in [-0.15, -0.1) is 0 Å². The highest BCUT2D eigenvalue weighted by Crippen LogP contribution is 2.27. The summed E-state index contributed by atoms with van der Waals surface area (Å²) in [6.45, 7) is 0.695. The van der Waals surface area contributed by atoms with E-state index >= 15 is 0 Å². The molecule has 1 fully saturated rings. The van der Waals surface area contributed by atoms with Gasteiger partial charge in [-0.1, -0.05) is 11.6 Å². The smallest absolute Gasteiger partial charge is 0.253 e. The van der Waals surface area contributed by atoms with Gasteiger partial charge in [0, 0.05) is 24.8 Å². The van der Waals surface area contributed by atoms with Crippen molar-refractivity contribution in [3.8, 4) is 5.75 Å². The summed E-state index contributed by atoms with van der Waals surface area (Å²) in [5.41, 5.74) is 0.204. The van der Waals surface area contributed by atoms with Gasteiger partial charge in [-0.3, -0.25) is 9.59 Å². The van der Waals surface area contributed by atoms with Crippen LogP contribution in [0.3, 0.4) is 0 Å². The van der Waals surface area contributed by atoms with E-state index in [1.165, 1.54) is 38.6 Å². The molecule has 0 radical (unpaired) electrons. The Bertz CT molecular complexity index is 1080. The first-order valence-corrected chi connectivity index (χ1v) is 11.4. The average Bonchev–Trinajstić information content (AvgIpc) is 2.79. The van der Waals surface area contributed by atoms with Crippen LogP contribution in [-0.4, -0.2) is 57.4 Å². The van der Waals surface area contributed by atoms with Crippen molar-refractivity contribution < 1.29 is 22.7 Å². The number of carbonyl (C=O) groups is 2. The summed E-state index contributed by atoms with van der Waals surface area (Å²) in [6.07, 6.45) is 2.72. The number of likely N-dealkylation sites (tertiary alicyclic amines) is 1. The standard InChI is InChI=1S/C20H23ClN4O5S/c1-22-31(28,29)17-10-13(5-7-16(17)30-2)20(27)25-9-3-4-14(12-25)19(26)24-18-8-6-15(21)11-23-18/h5-8,10-11,14,22H,3-4,9,12H2,1-2H3,(H,23,24,26). The summed E-state index contributed by atoms with van der Waals surface area (Å²) in [4.78, 5) is 31.2. The van der Waals surface area contributed by atoms with Crippen molar-refractivity contribution >= 4 is 39.3 Å². The van der Waals surface area contributed by atoms with Crippen LogP contribution in [0, 0.1) is 5.92 Å². The van der Waals surface area contributed by atoms with Crippen molar-refractivity contribution in [3.63, 3.8) is 0 Å². The molecule has 0 bridgehead atoms. The van der Waals surface area contributed by atoms with Gasteiger partial charge < -0.3 is 15.0 Å². The number of nitrogens with one attached hydrogen (secondary N) is 2. The van der Waals surface area contributed by atoms with Gasteiger partial charge in [0.2, 0.25) is 15.9 Å². The Hall–Kier alpha value is -2.69. The Morgan fingerprint density at radius 1 is 1.26 bits per heavy atom. The first kappa shape index (κ1) is 23.0. The van der Waals surface area contributed by atoms with Crippen LogP contribution in [0.1, 0.15) is 23.2 Å². The first-order valence-electron chi connectivity index (χ1n) is 9.58. The molecule has 1 aromatic heterocycles. The third-order valence-electron chi connectivity index (χ3n) is 5.03. The van der Waals surface area contributed by atoms with E-state index < -0.39 is 15.9 Å². The number of rotatable bonds is 6. The molecule has 1 aromatic carbocycles. The lowest BCUT2D eigenvalue weighted by atomic mass is 9.96. The average molecular weight is 467 g/mol. The van der Waals surface area contributed by atoms with Gasteiger partial charge in [0.25, 0.3) is 5.91 Å². The number of nitrogens with zero attached hydrogens (tertiary/aromatic N) is 2. The number of benzene rings is 1. The van der Waals surface area contributed by atoms with E-state index in [1.807, 2.05) is 0 Å². The molecule has 31 heavy (non-hydrogen) atoms. The van der Waals surface area contributed by atoms with Crippen LogP contribution in [0.15, 0.2) is 41.4 Å². The van der Waals surface area contributed by atoms with Crippen LogP contribution in [0.4, 0.5) is 5.82 Å². The predicted molar refractivity (Wildman–Crippen MR) is 116 cm³/mol. The van der Waals surface area contributed by atoms with Gasteiger partial charge in [-0.25, -0.2) is 18.1 Å². The molecule has 3 rings (SSSR count). The fraction of sp³-hybridized carbons (Fsp3) is 0.350. The fourth-order valence-electron chi connectivity index (χ4n) is 3.37. The third-order valence-corrected chi connectivity index (χ3v) is 6.69. The zero-order valence-corrected chi connectivity index (χ0v) is 18.7. The molecule has 2 heterocycles. The van der Waals surface area contributed by atoms with Crippen molar-refractivity contribution in [1.29, 1.82) is 0 Å². The molecule has 0 aliphatic carbocycles. The fourth-order valence-corrected chi connectivity index (χ4v) is 4.40. The molecule has 1 aliphatic heterocycles. The molecule has 1 unspecified atom stereocenters. The lowest BCUT2D eigenvalue weighted by Crippen LogP contribution is -2.43. The Balaban J connectivity index is 1.75. The summed E-state index contributed by atoms with van der Waals surface area (Å²) < 4.78 is 31.9. The van der Waals surface area contributed by atoms with Crippen molar-refractivity contribution in [1.82, 2.24) is 14.6 Å². The molecule has 1 saturated heterocycles. The van der Waals surface area contributed by atoms with E-state index in [1.54, 1.807) is 17.0 Å². The van der Waals surface area contributed by atoms with Crippen LogP contribution in [0.25, 0.3) is 0 Å². The Kier molecular flexibility index (Phi) is 7.14. The number of aromatic nitrogens is 1. The highest BCUT2D eigenvalue weighted by atomic mass is 35.5. The lowest BCUT2D eigenvalue weighted by Gasteiger charge is -2.32. The minimum absolute atomic E-state index is 0.122. The number of hydrogen-bond acceptors (Lipinski definition) is 6. The van der Waals surface area contributed by atoms with E-state index in [4.69, 9.17) is 16.3 Å². The van der Waals surface area contributed by atoms with Gasteiger partial charge in [0.15, 0.2) is 0 Å². The van der Waals surface area contributed by atoms with Crippen LogP contribution < -0.4 is 14.8 Å². The molecule has 0 spiro atoms. The Labute approximate surface area is 185 Å². The molecule has 9 nitrogen and oxygen atoms in total. The lowest BCUT2D eigenvalue weighted by molar-refractivity contribution is -0.121. The maximum absolute atomic E-state index is 13.0. The van der Waals surface area contributed by atoms with Crippen molar-refractivity contribution in [2.45, 2.75) is 17.7 Å². The Morgan fingerprint density at radius 3 is 2.68 bits per heavy atom. The van der Waals surface area contributed by atoms with Crippen LogP contribution in [-0.2, 0) is 14.8 Å². The number of hydrogen-bond donors (Lipinski definition) is 2. The topological polar surface area (TPSA) is 118 Å². The summed E-state index contributed by atoms with van der Waals surface area (Å²) in [6, 6.07) is 7.47. The zero-order valence-electron chi connectivity index (χ0n) is 17.1. The van der Waals surface area contributed by atoms with Crippen molar-refractivity contribution in [2.75, 3.05) is 32.6 Å². The molecular formula is C20H23ClN4O5S. The quantitative estimate of drug-likeness (QED) is 0.673. The van der Waals surface area contributed by atoms with E-state index in [9.17, 15) is 18.0 Å². The summed E-state index contributed by atoms with van der Waals surface area (Å²) in [7, 11) is -1.18. The van der Waals surface area contributed by atoms with Crippen LogP contribution in [0.2, 0.25) is 5.02 Å². The number of pyridine rings is 1. The Morgan fingerprint density at radius 2 is 2.03 bits per heavy atom. The van der Waals surface area contributed by atoms with Crippen LogP contribution in [0.5, 0.6) is 5.75 Å². The summed E-state index contributed by atoms with van der Waals surface area (Å²) in [5.74, 6) is -0.473. The monoisotopic (exact) mass is 466 g/mol.